The molecule has 0 spiro atoms. The molecule has 1 heterocycles. The summed E-state index contributed by atoms with van der Waals surface area (Å²) in [5.41, 5.74) is 5.72. The third-order valence-corrected chi connectivity index (χ3v) is 3.17. The zero-order chi connectivity index (χ0) is 15.2. The highest BCUT2D eigenvalue weighted by Crippen LogP contribution is 2.18. The molecule has 0 aromatic carbocycles. The molecule has 2 rings (SSSR count). The minimum Gasteiger partial charge on any atom is -0.398 e. The molecule has 2 amide bonds. The predicted octanol–water partition coefficient (Wildman–Crippen LogP) is -0.394. The molecular formula is C14H20N4O3. The quantitative estimate of drug-likeness (QED) is 0.595. The van der Waals surface area contributed by atoms with Crippen molar-refractivity contribution < 1.29 is 9.59 Å². The van der Waals surface area contributed by atoms with Crippen LogP contribution in [0.2, 0.25) is 0 Å². The van der Waals surface area contributed by atoms with Crippen molar-refractivity contribution in [3.8, 4) is 0 Å². The van der Waals surface area contributed by atoms with Crippen LogP contribution in [0, 0.1) is 0 Å². The molecule has 0 bridgehead atoms. The van der Waals surface area contributed by atoms with Gasteiger partial charge < -0.3 is 20.9 Å². The molecule has 1 aromatic heterocycles. The SMILES string of the molecule is Nc1ccc(=O)n(CC(=O)NCCCC(=O)NC2CC2)c1. The van der Waals surface area contributed by atoms with Gasteiger partial charge >= 0.3 is 0 Å². The number of rotatable bonds is 7. The number of pyridine rings is 1. The number of hydrogen-bond acceptors (Lipinski definition) is 4. The average molecular weight is 292 g/mol. The molecule has 0 unspecified atom stereocenters. The van der Waals surface area contributed by atoms with Crippen molar-refractivity contribution in [2.45, 2.75) is 38.3 Å². The molecule has 1 fully saturated rings. The lowest BCUT2D eigenvalue weighted by Gasteiger charge is -2.08. The first-order chi connectivity index (χ1) is 10.0. The molecule has 0 atom stereocenters. The van der Waals surface area contributed by atoms with Crippen LogP contribution in [0.5, 0.6) is 0 Å². The molecule has 0 saturated heterocycles. The molecule has 7 nitrogen and oxygen atoms in total. The first-order valence-corrected chi connectivity index (χ1v) is 7.06. The molecule has 1 aliphatic carbocycles. The summed E-state index contributed by atoms with van der Waals surface area (Å²) in [5, 5.41) is 5.57. The van der Waals surface area contributed by atoms with Gasteiger partial charge in [0, 0.05) is 37.0 Å². The maximum absolute atomic E-state index is 11.7. The average Bonchev–Trinajstić information content (AvgIpc) is 3.23. The fourth-order valence-electron chi connectivity index (χ4n) is 1.89. The monoisotopic (exact) mass is 292 g/mol. The standard InChI is InChI=1S/C14H20N4O3/c15-10-3-6-14(21)18(8-10)9-13(20)16-7-1-2-12(19)17-11-4-5-11/h3,6,8,11H,1-2,4-5,7,9,15H2,(H,16,20)(H,17,19). The highest BCUT2D eigenvalue weighted by molar-refractivity contribution is 5.77. The van der Waals surface area contributed by atoms with Gasteiger partial charge in [0.2, 0.25) is 11.8 Å². The van der Waals surface area contributed by atoms with Gasteiger partial charge in [-0.25, -0.2) is 0 Å². The number of carbonyl (C=O) groups excluding carboxylic acids is 2. The minimum atomic E-state index is -0.275. The van der Waals surface area contributed by atoms with Crippen molar-refractivity contribution in [3.63, 3.8) is 0 Å². The van der Waals surface area contributed by atoms with E-state index >= 15 is 0 Å². The fraction of sp³-hybridized carbons (Fsp3) is 0.500. The Bertz CT molecular complexity index is 578. The Morgan fingerprint density at radius 2 is 2.05 bits per heavy atom. The van der Waals surface area contributed by atoms with Crippen LogP contribution < -0.4 is 21.9 Å². The van der Waals surface area contributed by atoms with E-state index in [-0.39, 0.29) is 23.9 Å². The van der Waals surface area contributed by atoms with Crippen LogP contribution in [0.1, 0.15) is 25.7 Å². The van der Waals surface area contributed by atoms with Gasteiger partial charge in [-0.3, -0.25) is 14.4 Å². The molecule has 0 radical (unpaired) electrons. The van der Waals surface area contributed by atoms with Crippen LogP contribution in [0.3, 0.4) is 0 Å². The third kappa shape index (κ3) is 5.29. The first kappa shape index (κ1) is 15.1. The van der Waals surface area contributed by atoms with Crippen molar-refractivity contribution in [3.05, 3.63) is 28.7 Å². The van der Waals surface area contributed by atoms with Crippen LogP contribution in [0.4, 0.5) is 5.69 Å². The van der Waals surface area contributed by atoms with E-state index in [0.29, 0.717) is 31.1 Å². The van der Waals surface area contributed by atoms with Crippen LogP contribution in [0.25, 0.3) is 0 Å². The van der Waals surface area contributed by atoms with Gasteiger partial charge in [-0.1, -0.05) is 0 Å². The molecular weight excluding hydrogens is 272 g/mol. The summed E-state index contributed by atoms with van der Waals surface area (Å²) in [7, 11) is 0. The van der Waals surface area contributed by atoms with Gasteiger partial charge in [0.25, 0.3) is 5.56 Å². The summed E-state index contributed by atoms with van der Waals surface area (Å²) in [4.78, 5) is 34.6. The van der Waals surface area contributed by atoms with E-state index in [4.69, 9.17) is 5.73 Å². The zero-order valence-electron chi connectivity index (χ0n) is 11.8. The normalized spacial score (nSPS) is 13.7. The van der Waals surface area contributed by atoms with E-state index in [2.05, 4.69) is 10.6 Å². The Balaban J connectivity index is 1.66. The summed E-state index contributed by atoms with van der Waals surface area (Å²) in [6.07, 6.45) is 4.55. The fourth-order valence-corrected chi connectivity index (χ4v) is 1.89. The molecule has 114 valence electrons. The lowest BCUT2D eigenvalue weighted by molar-refractivity contribution is -0.123. The van der Waals surface area contributed by atoms with E-state index in [1.807, 2.05) is 0 Å². The Morgan fingerprint density at radius 1 is 1.29 bits per heavy atom. The van der Waals surface area contributed by atoms with Crippen molar-refractivity contribution in [2.24, 2.45) is 0 Å². The van der Waals surface area contributed by atoms with Gasteiger partial charge in [0.05, 0.1) is 0 Å². The number of nitrogens with two attached hydrogens (primary N) is 1. The number of carbonyl (C=O) groups is 2. The van der Waals surface area contributed by atoms with Crippen LogP contribution in [-0.2, 0) is 16.1 Å². The van der Waals surface area contributed by atoms with Crippen LogP contribution in [0.15, 0.2) is 23.1 Å². The topological polar surface area (TPSA) is 106 Å². The number of amides is 2. The van der Waals surface area contributed by atoms with E-state index in [0.717, 1.165) is 12.8 Å². The maximum atomic E-state index is 11.7. The predicted molar refractivity (Wildman–Crippen MR) is 78.5 cm³/mol. The van der Waals surface area contributed by atoms with Crippen molar-refractivity contribution >= 4 is 17.5 Å². The number of nitrogens with zero attached hydrogens (tertiary/aromatic N) is 1. The lowest BCUT2D eigenvalue weighted by Crippen LogP contribution is -2.33. The Labute approximate surface area is 122 Å². The van der Waals surface area contributed by atoms with Gasteiger partial charge in [0.15, 0.2) is 0 Å². The van der Waals surface area contributed by atoms with Crippen molar-refractivity contribution in [1.29, 1.82) is 0 Å². The summed E-state index contributed by atoms with van der Waals surface area (Å²) < 4.78 is 1.25. The maximum Gasteiger partial charge on any atom is 0.251 e. The van der Waals surface area contributed by atoms with Crippen molar-refractivity contribution in [1.82, 2.24) is 15.2 Å². The largest absolute Gasteiger partial charge is 0.398 e. The van der Waals surface area contributed by atoms with E-state index in [9.17, 15) is 14.4 Å². The second-order valence-electron chi connectivity index (χ2n) is 5.22. The third-order valence-electron chi connectivity index (χ3n) is 3.17. The van der Waals surface area contributed by atoms with Gasteiger partial charge in [-0.2, -0.15) is 0 Å². The van der Waals surface area contributed by atoms with Gasteiger partial charge in [-0.05, 0) is 25.3 Å². The van der Waals surface area contributed by atoms with E-state index < -0.39 is 0 Å². The Kier molecular flexibility index (Phi) is 4.97. The first-order valence-electron chi connectivity index (χ1n) is 7.06. The summed E-state index contributed by atoms with van der Waals surface area (Å²) >= 11 is 0. The smallest absolute Gasteiger partial charge is 0.251 e. The van der Waals surface area contributed by atoms with Crippen molar-refractivity contribution in [2.75, 3.05) is 12.3 Å². The molecule has 0 aliphatic heterocycles. The second-order valence-corrected chi connectivity index (χ2v) is 5.22. The number of hydrogen-bond donors (Lipinski definition) is 3. The summed E-state index contributed by atoms with van der Waals surface area (Å²) in [6.45, 7) is 0.339. The number of nitrogens with one attached hydrogen (secondary N) is 2. The van der Waals surface area contributed by atoms with E-state index in [1.165, 1.54) is 22.9 Å². The van der Waals surface area contributed by atoms with E-state index in [1.54, 1.807) is 0 Å². The summed E-state index contributed by atoms with van der Waals surface area (Å²) in [5.74, 6) is -0.246. The Hall–Kier alpha value is -2.31. The number of nitrogen functional groups attached to an aromatic ring is 1. The molecule has 1 aliphatic rings. The molecule has 1 saturated carbocycles. The summed E-state index contributed by atoms with van der Waals surface area (Å²) in [6, 6.07) is 3.18. The highest BCUT2D eigenvalue weighted by atomic mass is 16.2. The molecule has 1 aromatic rings. The second kappa shape index (κ2) is 6.92. The van der Waals surface area contributed by atoms with Crippen LogP contribution >= 0.6 is 0 Å². The van der Waals surface area contributed by atoms with Gasteiger partial charge in [0.1, 0.15) is 6.54 Å². The number of aromatic nitrogens is 1. The number of anilines is 1. The molecule has 7 heteroatoms. The highest BCUT2D eigenvalue weighted by Gasteiger charge is 2.22. The minimum absolute atomic E-state index is 0.0267. The van der Waals surface area contributed by atoms with Crippen LogP contribution in [-0.4, -0.2) is 29.0 Å². The zero-order valence-corrected chi connectivity index (χ0v) is 11.8. The molecule has 21 heavy (non-hydrogen) atoms. The Morgan fingerprint density at radius 3 is 2.76 bits per heavy atom. The van der Waals surface area contributed by atoms with Gasteiger partial charge in [-0.15, -0.1) is 0 Å². The molecule has 4 N–H and O–H groups in total. The lowest BCUT2D eigenvalue weighted by atomic mass is 10.3.